The van der Waals surface area contributed by atoms with Gasteiger partial charge in [0.25, 0.3) is 0 Å². The summed E-state index contributed by atoms with van der Waals surface area (Å²) < 4.78 is 2.07. The lowest BCUT2D eigenvalue weighted by atomic mass is 9.94. The average molecular weight is 263 g/mol. The lowest BCUT2D eigenvalue weighted by Gasteiger charge is -2.27. The second kappa shape index (κ2) is 4.96. The molecule has 1 unspecified atom stereocenters. The zero-order valence-corrected chi connectivity index (χ0v) is 11.4. The number of aryl methyl sites for hydroxylation is 1. The highest BCUT2D eigenvalue weighted by atomic mass is 16.4. The van der Waals surface area contributed by atoms with Gasteiger partial charge in [0.2, 0.25) is 0 Å². The minimum atomic E-state index is -0.735. The molecule has 0 amide bonds. The molecule has 1 saturated heterocycles. The molecule has 19 heavy (non-hydrogen) atoms. The molecule has 0 aromatic carbocycles. The Morgan fingerprint density at radius 1 is 1.32 bits per heavy atom. The molecule has 2 aliphatic heterocycles. The number of aliphatic carboxylic acids is 1. The molecule has 3 heterocycles. The van der Waals surface area contributed by atoms with Crippen molar-refractivity contribution in [1.82, 2.24) is 14.5 Å². The van der Waals surface area contributed by atoms with E-state index in [0.717, 1.165) is 56.8 Å². The first-order valence-electron chi connectivity index (χ1n) is 7.13. The van der Waals surface area contributed by atoms with Crippen molar-refractivity contribution >= 4 is 5.97 Å². The number of nitrogens with zero attached hydrogens (tertiary/aromatic N) is 3. The van der Waals surface area contributed by atoms with Crippen molar-refractivity contribution in [3.8, 4) is 0 Å². The van der Waals surface area contributed by atoms with Crippen molar-refractivity contribution in [2.45, 2.75) is 44.1 Å². The summed E-state index contributed by atoms with van der Waals surface area (Å²) in [5.41, 5.74) is 1.11. The lowest BCUT2D eigenvalue weighted by Crippen LogP contribution is -2.29. The predicted molar refractivity (Wildman–Crippen MR) is 71.3 cm³/mol. The van der Waals surface area contributed by atoms with Gasteiger partial charge in [0.15, 0.2) is 0 Å². The van der Waals surface area contributed by atoms with Crippen LogP contribution in [0.5, 0.6) is 0 Å². The molecule has 104 valence electrons. The SMILES string of the molecule is CN1CCC(c2cn3c(n2)C(C(=O)O)CCC3)CC1. The van der Waals surface area contributed by atoms with E-state index in [9.17, 15) is 9.90 Å². The monoisotopic (exact) mass is 263 g/mol. The Morgan fingerprint density at radius 3 is 2.74 bits per heavy atom. The molecule has 0 saturated carbocycles. The number of rotatable bonds is 2. The highest BCUT2D eigenvalue weighted by Gasteiger charge is 2.30. The third-order valence-corrected chi connectivity index (χ3v) is 4.46. The van der Waals surface area contributed by atoms with Gasteiger partial charge >= 0.3 is 5.97 Å². The van der Waals surface area contributed by atoms with Gasteiger partial charge in [-0.1, -0.05) is 0 Å². The molecular weight excluding hydrogens is 242 g/mol. The quantitative estimate of drug-likeness (QED) is 0.881. The molecule has 1 atom stereocenters. The molecule has 5 nitrogen and oxygen atoms in total. The molecule has 2 aliphatic rings. The Balaban J connectivity index is 1.83. The molecule has 0 aliphatic carbocycles. The number of hydrogen-bond donors (Lipinski definition) is 1. The maximum atomic E-state index is 11.3. The number of hydrogen-bond acceptors (Lipinski definition) is 3. The van der Waals surface area contributed by atoms with Gasteiger partial charge in [-0.05, 0) is 45.8 Å². The molecule has 1 aromatic rings. The molecule has 0 spiro atoms. The first-order chi connectivity index (χ1) is 9.15. The lowest BCUT2D eigenvalue weighted by molar-refractivity contribution is -0.139. The molecule has 5 heteroatoms. The van der Waals surface area contributed by atoms with Gasteiger partial charge in [0.05, 0.1) is 5.69 Å². The first-order valence-corrected chi connectivity index (χ1v) is 7.13. The number of carbonyl (C=O) groups is 1. The van der Waals surface area contributed by atoms with E-state index in [1.165, 1.54) is 0 Å². The highest BCUT2D eigenvalue weighted by molar-refractivity contribution is 5.75. The van der Waals surface area contributed by atoms with Crippen molar-refractivity contribution in [2.24, 2.45) is 0 Å². The largest absolute Gasteiger partial charge is 0.481 e. The predicted octanol–water partition coefficient (Wildman–Crippen LogP) is 1.65. The standard InChI is InChI=1S/C14H21N3O2/c1-16-7-4-10(5-8-16)12-9-17-6-2-3-11(14(18)19)13(17)15-12/h9-11H,2-8H2,1H3,(H,18,19). The fourth-order valence-corrected chi connectivity index (χ4v) is 3.24. The van der Waals surface area contributed by atoms with E-state index in [1.54, 1.807) is 0 Å². The Morgan fingerprint density at radius 2 is 2.05 bits per heavy atom. The number of carboxylic acid groups (broad SMARTS) is 1. The van der Waals surface area contributed by atoms with E-state index < -0.39 is 11.9 Å². The third kappa shape index (κ3) is 2.39. The van der Waals surface area contributed by atoms with Crippen molar-refractivity contribution in [3.05, 3.63) is 17.7 Å². The molecule has 0 bridgehead atoms. The number of fused-ring (bicyclic) bond motifs is 1. The minimum absolute atomic E-state index is 0.409. The van der Waals surface area contributed by atoms with Crippen LogP contribution in [-0.2, 0) is 11.3 Å². The van der Waals surface area contributed by atoms with Crippen LogP contribution in [0.1, 0.15) is 49.0 Å². The Hall–Kier alpha value is -1.36. The van der Waals surface area contributed by atoms with Crippen molar-refractivity contribution in [2.75, 3.05) is 20.1 Å². The number of imidazole rings is 1. The van der Waals surface area contributed by atoms with Gasteiger partial charge in [0, 0.05) is 18.7 Å². The Kier molecular flexibility index (Phi) is 3.31. The second-order valence-electron chi connectivity index (χ2n) is 5.83. The van der Waals surface area contributed by atoms with E-state index in [1.807, 2.05) is 0 Å². The van der Waals surface area contributed by atoms with E-state index in [4.69, 9.17) is 0 Å². The molecule has 1 aromatic heterocycles. The third-order valence-electron chi connectivity index (χ3n) is 4.46. The summed E-state index contributed by atoms with van der Waals surface area (Å²) in [6.45, 7) is 3.13. The molecular formula is C14H21N3O2. The zero-order valence-electron chi connectivity index (χ0n) is 11.4. The van der Waals surface area contributed by atoms with Gasteiger partial charge in [-0.2, -0.15) is 0 Å². The second-order valence-corrected chi connectivity index (χ2v) is 5.83. The van der Waals surface area contributed by atoms with Gasteiger partial charge in [-0.15, -0.1) is 0 Å². The fraction of sp³-hybridized carbons (Fsp3) is 0.714. The molecule has 1 N–H and O–H groups in total. The number of likely N-dealkylation sites (tertiary alicyclic amines) is 1. The Labute approximate surface area is 113 Å². The van der Waals surface area contributed by atoms with Crippen LogP contribution in [0.4, 0.5) is 0 Å². The van der Waals surface area contributed by atoms with E-state index >= 15 is 0 Å². The molecule has 1 fully saturated rings. The molecule has 3 rings (SSSR count). The van der Waals surface area contributed by atoms with Crippen LogP contribution in [-0.4, -0.2) is 45.7 Å². The average Bonchev–Trinajstić information content (AvgIpc) is 2.82. The summed E-state index contributed by atoms with van der Waals surface area (Å²) in [7, 11) is 2.15. The smallest absolute Gasteiger partial charge is 0.314 e. The van der Waals surface area contributed by atoms with Gasteiger partial charge < -0.3 is 14.6 Å². The van der Waals surface area contributed by atoms with Crippen molar-refractivity contribution in [1.29, 1.82) is 0 Å². The van der Waals surface area contributed by atoms with Crippen LogP contribution >= 0.6 is 0 Å². The minimum Gasteiger partial charge on any atom is -0.481 e. The zero-order chi connectivity index (χ0) is 13.4. The van der Waals surface area contributed by atoms with Gasteiger partial charge in [-0.25, -0.2) is 4.98 Å². The van der Waals surface area contributed by atoms with Crippen LogP contribution < -0.4 is 0 Å². The van der Waals surface area contributed by atoms with Crippen LogP contribution in [0.15, 0.2) is 6.20 Å². The molecule has 0 radical (unpaired) electrons. The van der Waals surface area contributed by atoms with Crippen LogP contribution in [0.3, 0.4) is 0 Å². The summed E-state index contributed by atoms with van der Waals surface area (Å²) in [5.74, 6) is 0.131. The van der Waals surface area contributed by atoms with E-state index in [0.29, 0.717) is 5.92 Å². The van der Waals surface area contributed by atoms with Gasteiger partial charge in [0.1, 0.15) is 11.7 Å². The van der Waals surface area contributed by atoms with E-state index in [-0.39, 0.29) is 0 Å². The van der Waals surface area contributed by atoms with Crippen LogP contribution in [0, 0.1) is 0 Å². The summed E-state index contributed by atoms with van der Waals surface area (Å²) in [5, 5.41) is 9.28. The highest BCUT2D eigenvalue weighted by Crippen LogP contribution is 2.32. The van der Waals surface area contributed by atoms with Crippen LogP contribution in [0.2, 0.25) is 0 Å². The Bertz CT molecular complexity index is 475. The van der Waals surface area contributed by atoms with Crippen molar-refractivity contribution in [3.63, 3.8) is 0 Å². The first kappa shape index (κ1) is 12.7. The fourth-order valence-electron chi connectivity index (χ4n) is 3.24. The van der Waals surface area contributed by atoms with Gasteiger partial charge in [-0.3, -0.25) is 4.79 Å². The number of piperidine rings is 1. The summed E-state index contributed by atoms with van der Waals surface area (Å²) in [6, 6.07) is 0. The number of carboxylic acids is 1. The number of aromatic nitrogens is 2. The maximum Gasteiger partial charge on any atom is 0.314 e. The summed E-state index contributed by atoms with van der Waals surface area (Å²) in [6.07, 6.45) is 6.02. The van der Waals surface area contributed by atoms with Crippen molar-refractivity contribution < 1.29 is 9.90 Å². The normalized spacial score (nSPS) is 25.2. The van der Waals surface area contributed by atoms with E-state index in [2.05, 4.69) is 27.7 Å². The maximum absolute atomic E-state index is 11.3. The summed E-state index contributed by atoms with van der Waals surface area (Å²) in [4.78, 5) is 18.3. The topological polar surface area (TPSA) is 58.4 Å². The van der Waals surface area contributed by atoms with Crippen LogP contribution in [0.25, 0.3) is 0 Å². The summed E-state index contributed by atoms with van der Waals surface area (Å²) >= 11 is 0.